The maximum absolute atomic E-state index is 6.36. The van der Waals surface area contributed by atoms with Crippen LogP contribution in [0.2, 0.25) is 5.02 Å². The van der Waals surface area contributed by atoms with Crippen LogP contribution in [0.4, 0.5) is 5.82 Å². The van der Waals surface area contributed by atoms with Gasteiger partial charge in [0, 0.05) is 37.1 Å². The van der Waals surface area contributed by atoms with Gasteiger partial charge in [-0.1, -0.05) is 17.7 Å². The lowest BCUT2D eigenvalue weighted by molar-refractivity contribution is 0.679. The zero-order valence-electron chi connectivity index (χ0n) is 12.1. The molecule has 108 valence electrons. The highest BCUT2D eigenvalue weighted by Gasteiger charge is 2.15. The highest BCUT2D eigenvalue weighted by molar-refractivity contribution is 7.09. The van der Waals surface area contributed by atoms with Crippen LogP contribution in [-0.2, 0) is 13.0 Å². The number of pyridine rings is 1. The third-order valence-electron chi connectivity index (χ3n) is 3.33. The molecule has 0 aromatic carbocycles. The van der Waals surface area contributed by atoms with Crippen LogP contribution in [0.5, 0.6) is 0 Å². The molecule has 1 atom stereocenters. The summed E-state index contributed by atoms with van der Waals surface area (Å²) in [6.45, 7) is 2.97. The van der Waals surface area contributed by atoms with Gasteiger partial charge in [0.05, 0.1) is 5.02 Å². The Morgan fingerprint density at radius 2 is 2.30 bits per heavy atom. The van der Waals surface area contributed by atoms with E-state index in [1.807, 2.05) is 26.4 Å². The van der Waals surface area contributed by atoms with E-state index in [0.29, 0.717) is 11.1 Å². The maximum Gasteiger partial charge on any atom is 0.147 e. The van der Waals surface area contributed by atoms with E-state index in [4.69, 9.17) is 11.6 Å². The second kappa shape index (κ2) is 7.07. The average molecular weight is 310 g/mol. The van der Waals surface area contributed by atoms with E-state index in [1.165, 1.54) is 4.88 Å². The van der Waals surface area contributed by atoms with Crippen molar-refractivity contribution in [2.75, 3.05) is 19.0 Å². The summed E-state index contributed by atoms with van der Waals surface area (Å²) >= 11 is 8.15. The monoisotopic (exact) mass is 309 g/mol. The van der Waals surface area contributed by atoms with Gasteiger partial charge in [0.2, 0.25) is 0 Å². The van der Waals surface area contributed by atoms with Crippen molar-refractivity contribution < 1.29 is 0 Å². The van der Waals surface area contributed by atoms with Gasteiger partial charge in [0.25, 0.3) is 0 Å². The van der Waals surface area contributed by atoms with Crippen LogP contribution in [0.25, 0.3) is 0 Å². The zero-order chi connectivity index (χ0) is 14.5. The molecule has 3 nitrogen and oxygen atoms in total. The van der Waals surface area contributed by atoms with Crippen molar-refractivity contribution in [1.29, 1.82) is 0 Å². The van der Waals surface area contributed by atoms with Crippen molar-refractivity contribution in [3.05, 3.63) is 45.2 Å². The van der Waals surface area contributed by atoms with Gasteiger partial charge in [0.15, 0.2) is 0 Å². The SMILES string of the molecule is CNCc1cnc(N(C)C(C)Cc2cccs2)c(Cl)c1. The first-order chi connectivity index (χ1) is 9.61. The molecule has 0 aliphatic carbocycles. The molecule has 0 aliphatic heterocycles. The highest BCUT2D eigenvalue weighted by Crippen LogP contribution is 2.26. The normalized spacial score (nSPS) is 12.4. The number of rotatable bonds is 6. The number of halogens is 1. The fourth-order valence-corrected chi connectivity index (χ4v) is 3.24. The van der Waals surface area contributed by atoms with Crippen LogP contribution in [0, 0.1) is 0 Å². The zero-order valence-corrected chi connectivity index (χ0v) is 13.6. The van der Waals surface area contributed by atoms with Crippen LogP contribution in [-0.4, -0.2) is 25.1 Å². The van der Waals surface area contributed by atoms with Gasteiger partial charge in [-0.3, -0.25) is 0 Å². The largest absolute Gasteiger partial charge is 0.355 e. The molecule has 1 N–H and O–H groups in total. The van der Waals surface area contributed by atoms with Crippen molar-refractivity contribution >= 4 is 28.8 Å². The molecule has 0 amide bonds. The Morgan fingerprint density at radius 3 is 2.90 bits per heavy atom. The average Bonchev–Trinajstić information content (AvgIpc) is 2.91. The van der Waals surface area contributed by atoms with Crippen LogP contribution in [0.1, 0.15) is 17.4 Å². The number of thiophene rings is 1. The second-order valence-electron chi connectivity index (χ2n) is 4.92. The van der Waals surface area contributed by atoms with Crippen LogP contribution in [0.15, 0.2) is 29.8 Å². The van der Waals surface area contributed by atoms with Crippen molar-refractivity contribution in [1.82, 2.24) is 10.3 Å². The van der Waals surface area contributed by atoms with E-state index in [-0.39, 0.29) is 0 Å². The summed E-state index contributed by atoms with van der Waals surface area (Å²) in [5.41, 5.74) is 1.10. The first-order valence-corrected chi connectivity index (χ1v) is 7.91. The van der Waals surface area contributed by atoms with Gasteiger partial charge in [-0.15, -0.1) is 11.3 Å². The molecule has 0 saturated heterocycles. The van der Waals surface area contributed by atoms with Gasteiger partial charge < -0.3 is 10.2 Å². The molecule has 0 spiro atoms. The van der Waals surface area contributed by atoms with E-state index in [0.717, 1.165) is 24.3 Å². The van der Waals surface area contributed by atoms with Gasteiger partial charge in [-0.2, -0.15) is 0 Å². The number of hydrogen-bond acceptors (Lipinski definition) is 4. The summed E-state index contributed by atoms with van der Waals surface area (Å²) in [4.78, 5) is 8.03. The minimum Gasteiger partial charge on any atom is -0.355 e. The standard InChI is InChI=1S/C15H20ClN3S/c1-11(7-13-5-4-6-20-13)19(3)15-14(16)8-12(9-17-2)10-18-15/h4-6,8,10-11,17H,7,9H2,1-3H3. The molecule has 0 saturated carbocycles. The molecule has 0 bridgehead atoms. The summed E-state index contributed by atoms with van der Waals surface area (Å²) in [6, 6.07) is 6.59. The minimum absolute atomic E-state index is 0.355. The lowest BCUT2D eigenvalue weighted by Gasteiger charge is -2.26. The summed E-state index contributed by atoms with van der Waals surface area (Å²) in [6.07, 6.45) is 2.89. The number of nitrogens with zero attached hydrogens (tertiary/aromatic N) is 2. The van der Waals surface area contributed by atoms with E-state index < -0.39 is 0 Å². The Morgan fingerprint density at radius 1 is 1.50 bits per heavy atom. The molecule has 5 heteroatoms. The molecule has 2 rings (SSSR count). The lowest BCUT2D eigenvalue weighted by Crippen LogP contribution is -2.31. The fraction of sp³-hybridized carbons (Fsp3) is 0.400. The molecule has 2 aromatic rings. The molecule has 0 fully saturated rings. The van der Waals surface area contributed by atoms with Gasteiger partial charge in [0.1, 0.15) is 5.82 Å². The smallest absolute Gasteiger partial charge is 0.147 e. The molecular formula is C15H20ClN3S. The van der Waals surface area contributed by atoms with Crippen LogP contribution in [0.3, 0.4) is 0 Å². The van der Waals surface area contributed by atoms with Crippen molar-refractivity contribution in [3.63, 3.8) is 0 Å². The number of hydrogen-bond donors (Lipinski definition) is 1. The summed E-state index contributed by atoms with van der Waals surface area (Å²) in [7, 11) is 3.96. The summed E-state index contributed by atoms with van der Waals surface area (Å²) in [5.74, 6) is 0.843. The molecule has 2 heterocycles. The highest BCUT2D eigenvalue weighted by atomic mass is 35.5. The molecule has 0 aliphatic rings. The predicted octanol–water partition coefficient (Wildman–Crippen LogP) is 3.58. The topological polar surface area (TPSA) is 28.2 Å². The predicted molar refractivity (Wildman–Crippen MR) is 87.9 cm³/mol. The van der Waals surface area contributed by atoms with E-state index in [1.54, 1.807) is 11.3 Å². The number of anilines is 1. The van der Waals surface area contributed by atoms with E-state index >= 15 is 0 Å². The molecule has 20 heavy (non-hydrogen) atoms. The quantitative estimate of drug-likeness (QED) is 0.884. The first kappa shape index (κ1) is 15.3. The summed E-state index contributed by atoms with van der Waals surface area (Å²) in [5, 5.41) is 5.92. The van der Waals surface area contributed by atoms with Crippen molar-refractivity contribution in [2.24, 2.45) is 0 Å². The Bertz CT molecular complexity index is 542. The maximum atomic E-state index is 6.36. The van der Waals surface area contributed by atoms with Gasteiger partial charge in [-0.25, -0.2) is 4.98 Å². The Kier molecular flexibility index (Phi) is 5.40. The summed E-state index contributed by atoms with van der Waals surface area (Å²) < 4.78 is 0. The molecular weight excluding hydrogens is 290 g/mol. The number of aromatic nitrogens is 1. The number of likely N-dealkylation sites (N-methyl/N-ethyl adjacent to an activating group) is 1. The fourth-order valence-electron chi connectivity index (χ4n) is 2.10. The lowest BCUT2D eigenvalue weighted by atomic mass is 10.2. The minimum atomic E-state index is 0.355. The third-order valence-corrected chi connectivity index (χ3v) is 4.51. The molecule has 0 radical (unpaired) electrons. The Hall–Kier alpha value is -1.10. The second-order valence-corrected chi connectivity index (χ2v) is 6.36. The van der Waals surface area contributed by atoms with Crippen molar-refractivity contribution in [2.45, 2.75) is 25.9 Å². The van der Waals surface area contributed by atoms with Gasteiger partial charge >= 0.3 is 0 Å². The Labute approximate surface area is 129 Å². The first-order valence-electron chi connectivity index (χ1n) is 6.66. The van der Waals surface area contributed by atoms with Gasteiger partial charge in [-0.05, 0) is 37.0 Å². The third kappa shape index (κ3) is 3.72. The van der Waals surface area contributed by atoms with Crippen LogP contribution < -0.4 is 10.2 Å². The Balaban J connectivity index is 2.09. The number of nitrogens with one attached hydrogen (secondary N) is 1. The molecule has 2 aromatic heterocycles. The van der Waals surface area contributed by atoms with E-state index in [2.05, 4.69) is 39.6 Å². The van der Waals surface area contributed by atoms with Crippen LogP contribution >= 0.6 is 22.9 Å². The van der Waals surface area contributed by atoms with E-state index in [9.17, 15) is 0 Å². The molecule has 1 unspecified atom stereocenters. The van der Waals surface area contributed by atoms with Crippen molar-refractivity contribution in [3.8, 4) is 0 Å².